The fourth-order valence-electron chi connectivity index (χ4n) is 0.763. The zero-order valence-electron chi connectivity index (χ0n) is 14.5. The number of quaternary nitrogens is 1. The van der Waals surface area contributed by atoms with E-state index in [9.17, 15) is 65.0 Å². The first-order chi connectivity index (χ1) is 11.4. The summed E-state index contributed by atoms with van der Waals surface area (Å²) in [5.41, 5.74) is 0. The van der Waals surface area contributed by atoms with Crippen LogP contribution in [0.3, 0.4) is 0 Å². The predicted molar refractivity (Wildman–Crippen MR) is 75.5 cm³/mol. The Morgan fingerprint density at radius 3 is 0.778 bits per heavy atom. The van der Waals surface area contributed by atoms with E-state index in [0.717, 1.165) is 4.48 Å². The van der Waals surface area contributed by atoms with Crippen molar-refractivity contribution in [3.05, 3.63) is 0 Å². The summed E-state index contributed by atoms with van der Waals surface area (Å²) in [6.45, 7) is 3.34. The van der Waals surface area contributed by atoms with Crippen LogP contribution in [0.4, 0.5) is 65.0 Å². The van der Waals surface area contributed by atoms with Crippen LogP contribution in [0.1, 0.15) is 20.3 Å². The van der Waals surface area contributed by atoms with Gasteiger partial charge >= 0.3 is 28.4 Å². The summed E-state index contributed by atoms with van der Waals surface area (Å²) >= 11 is 0. The van der Waals surface area contributed by atoms with E-state index < -0.39 is 28.4 Å². The smallest absolute Gasteiger partial charge is 0.418 e. The molecule has 0 amide bonds. The van der Waals surface area contributed by atoms with Gasteiger partial charge in [0.05, 0.1) is 27.2 Å². The lowest BCUT2D eigenvalue weighted by Crippen LogP contribution is -2.39. The lowest BCUT2D eigenvalue weighted by Gasteiger charge is -2.27. The molecular weight excluding hydrogens is 428 g/mol. The van der Waals surface area contributed by atoms with Crippen LogP contribution in [-0.4, -0.2) is 60.1 Å². The summed E-state index contributed by atoms with van der Waals surface area (Å²) in [4.78, 5) is 0. The van der Waals surface area contributed by atoms with E-state index >= 15 is 0 Å². The molecule has 0 aromatic heterocycles. The van der Waals surface area contributed by atoms with E-state index in [0.29, 0.717) is 0 Å². The Labute approximate surface area is 146 Å². The fourth-order valence-corrected chi connectivity index (χ4v) is 0.763. The molecule has 0 heterocycles. The van der Waals surface area contributed by atoms with Crippen molar-refractivity contribution in [2.24, 2.45) is 0 Å². The molecule has 0 atom stereocenters. The SMILES string of the molecule is CCC[N+](C)(C)CC.FC(F)F.F[B-](F)(F)F.F[B-](F)(F)F.F[B-](F)(F)F. The average molecular weight is 447 g/mol. The summed E-state index contributed by atoms with van der Waals surface area (Å²) < 4.78 is 147. The van der Waals surface area contributed by atoms with Crippen LogP contribution < -0.4 is 0 Å². The molecule has 0 fully saturated rings. The Morgan fingerprint density at radius 1 is 0.593 bits per heavy atom. The summed E-state index contributed by atoms with van der Waals surface area (Å²) in [5.74, 6) is 0. The molecule has 1 nitrogen and oxygen atoms in total. The first-order valence-electron chi connectivity index (χ1n) is 6.71. The molecule has 0 spiro atoms. The fraction of sp³-hybridized carbons (Fsp3) is 1.00. The van der Waals surface area contributed by atoms with Gasteiger partial charge in [0.25, 0.3) is 0 Å². The van der Waals surface area contributed by atoms with Gasteiger partial charge in [-0.05, 0) is 13.3 Å². The number of alkyl halides is 3. The zero-order chi connectivity index (χ0) is 23.7. The predicted octanol–water partition coefficient (Wildman–Crippen LogP) is 6.57. The van der Waals surface area contributed by atoms with Crippen LogP contribution in [0, 0.1) is 0 Å². The molecular formula is C8H19B3F15N-2. The Kier molecular flexibility index (Phi) is 23.6. The summed E-state index contributed by atoms with van der Waals surface area (Å²) in [6, 6.07) is 0. The van der Waals surface area contributed by atoms with E-state index in [2.05, 4.69) is 27.9 Å². The summed E-state index contributed by atoms with van der Waals surface area (Å²) in [7, 11) is -13.5. The average Bonchev–Trinajstić information content (AvgIpc) is 2.20. The van der Waals surface area contributed by atoms with Crippen molar-refractivity contribution in [2.45, 2.75) is 26.9 Å². The first-order valence-corrected chi connectivity index (χ1v) is 6.71. The molecule has 0 aromatic carbocycles. The van der Waals surface area contributed by atoms with Gasteiger partial charge in [-0.3, -0.25) is 0 Å². The first kappa shape index (κ1) is 36.9. The van der Waals surface area contributed by atoms with Gasteiger partial charge < -0.3 is 56.3 Å². The molecule has 0 unspecified atom stereocenters. The van der Waals surface area contributed by atoms with Gasteiger partial charge in [0, 0.05) is 0 Å². The monoisotopic (exact) mass is 447 g/mol. The van der Waals surface area contributed by atoms with Crippen molar-refractivity contribution in [2.75, 3.05) is 27.2 Å². The maximum atomic E-state index is 9.75. The highest BCUT2D eigenvalue weighted by Crippen LogP contribution is 2.07. The Hall–Kier alpha value is -0.895. The normalized spacial score (nSPS) is 11.6. The second-order valence-corrected chi connectivity index (χ2v) is 4.71. The molecule has 0 aliphatic rings. The van der Waals surface area contributed by atoms with Gasteiger partial charge in [0.1, 0.15) is 0 Å². The number of rotatable bonds is 3. The summed E-state index contributed by atoms with van der Waals surface area (Å²) in [5, 5.41) is 0. The largest absolute Gasteiger partial charge is 0.673 e. The third-order valence-electron chi connectivity index (χ3n) is 1.68. The van der Waals surface area contributed by atoms with Crippen molar-refractivity contribution in [3.63, 3.8) is 0 Å². The van der Waals surface area contributed by atoms with Gasteiger partial charge in [-0.25, -0.2) is 0 Å². The van der Waals surface area contributed by atoms with E-state index in [4.69, 9.17) is 0 Å². The molecule has 0 radical (unpaired) electrons. The van der Waals surface area contributed by atoms with Crippen molar-refractivity contribution >= 4 is 21.8 Å². The molecule has 19 heteroatoms. The Morgan fingerprint density at radius 2 is 0.741 bits per heavy atom. The standard InChI is InChI=1S/C7H18N.CHF3.3BF4/c1-5-7-8(3,4)6-2;2-1(3)4;3*2-1(3,4)5/h5-7H2,1-4H3;1H;;;/q+1;;3*-1. The Balaban J connectivity index is -0.0000000766. The molecule has 0 aliphatic carbocycles. The van der Waals surface area contributed by atoms with Crippen LogP contribution in [-0.2, 0) is 0 Å². The van der Waals surface area contributed by atoms with Gasteiger partial charge in [0.2, 0.25) is 0 Å². The molecule has 0 saturated heterocycles. The molecule has 0 aliphatic heterocycles. The third kappa shape index (κ3) is 360. The quantitative estimate of drug-likeness (QED) is 0.261. The van der Waals surface area contributed by atoms with E-state index in [1.807, 2.05) is 0 Å². The minimum Gasteiger partial charge on any atom is -0.418 e. The van der Waals surface area contributed by atoms with Crippen LogP contribution in [0.15, 0.2) is 0 Å². The lowest BCUT2D eigenvalue weighted by molar-refractivity contribution is -0.888. The topological polar surface area (TPSA) is 0 Å². The number of hydrogen-bond donors (Lipinski definition) is 0. The second-order valence-electron chi connectivity index (χ2n) is 4.71. The molecule has 0 rings (SSSR count). The number of nitrogens with zero attached hydrogens (tertiary/aromatic N) is 1. The lowest BCUT2D eigenvalue weighted by atomic mass is 10.3. The molecule has 0 saturated carbocycles. The maximum absolute atomic E-state index is 9.75. The third-order valence-corrected chi connectivity index (χ3v) is 1.68. The minimum atomic E-state index is -6.00. The van der Waals surface area contributed by atoms with Crippen molar-refractivity contribution < 1.29 is 69.4 Å². The molecule has 0 bridgehead atoms. The van der Waals surface area contributed by atoms with Crippen LogP contribution in [0.2, 0.25) is 0 Å². The van der Waals surface area contributed by atoms with Gasteiger partial charge in [-0.15, -0.1) is 0 Å². The molecule has 0 N–H and O–H groups in total. The number of hydrogen-bond acceptors (Lipinski definition) is 0. The highest BCUT2D eigenvalue weighted by molar-refractivity contribution is 6.50. The zero-order valence-corrected chi connectivity index (χ0v) is 14.5. The second kappa shape index (κ2) is 17.2. The number of halogens is 15. The van der Waals surface area contributed by atoms with Gasteiger partial charge in [-0.1, -0.05) is 6.92 Å². The molecule has 172 valence electrons. The summed E-state index contributed by atoms with van der Waals surface area (Å²) in [6.07, 6.45) is 1.29. The maximum Gasteiger partial charge on any atom is 0.673 e. The van der Waals surface area contributed by atoms with Crippen LogP contribution >= 0.6 is 0 Å². The van der Waals surface area contributed by atoms with E-state index in [1.54, 1.807) is 0 Å². The van der Waals surface area contributed by atoms with Crippen molar-refractivity contribution in [1.29, 1.82) is 0 Å². The van der Waals surface area contributed by atoms with E-state index in [1.165, 1.54) is 19.5 Å². The van der Waals surface area contributed by atoms with Crippen molar-refractivity contribution in [1.82, 2.24) is 0 Å². The highest BCUT2D eigenvalue weighted by atomic mass is 19.5. The molecule has 27 heavy (non-hydrogen) atoms. The Bertz CT molecular complexity index is 252. The van der Waals surface area contributed by atoms with Crippen LogP contribution in [0.25, 0.3) is 0 Å². The van der Waals surface area contributed by atoms with Gasteiger partial charge in [-0.2, -0.15) is 13.2 Å². The van der Waals surface area contributed by atoms with Crippen molar-refractivity contribution in [3.8, 4) is 0 Å². The van der Waals surface area contributed by atoms with Crippen LogP contribution in [0.5, 0.6) is 0 Å². The molecule has 0 aromatic rings. The van der Waals surface area contributed by atoms with Gasteiger partial charge in [0.15, 0.2) is 0 Å². The highest BCUT2D eigenvalue weighted by Gasteiger charge is 2.21. The van der Waals surface area contributed by atoms with E-state index in [-0.39, 0.29) is 0 Å². The minimum absolute atomic E-state index is 1.16.